The van der Waals surface area contributed by atoms with E-state index in [1.807, 2.05) is 39.0 Å². The highest BCUT2D eigenvalue weighted by atomic mass is 16.5. The number of aromatic nitrogens is 6. The molecule has 0 saturated heterocycles. The highest BCUT2D eigenvalue weighted by Gasteiger charge is 2.55. The maximum Gasteiger partial charge on any atom is 0.280 e. The molecule has 0 radical (unpaired) electrons. The van der Waals surface area contributed by atoms with Gasteiger partial charge >= 0.3 is 0 Å². The van der Waals surface area contributed by atoms with Crippen molar-refractivity contribution in [3.8, 4) is 0 Å². The molecule has 0 aliphatic heterocycles. The number of imidazole rings is 1. The van der Waals surface area contributed by atoms with Gasteiger partial charge in [0.05, 0.1) is 12.6 Å². The summed E-state index contributed by atoms with van der Waals surface area (Å²) >= 11 is 0. The Morgan fingerprint density at radius 1 is 1.27 bits per heavy atom. The van der Waals surface area contributed by atoms with Crippen LogP contribution in [0.5, 0.6) is 0 Å². The van der Waals surface area contributed by atoms with Crippen molar-refractivity contribution in [3.63, 3.8) is 0 Å². The van der Waals surface area contributed by atoms with Gasteiger partial charge in [0.15, 0.2) is 17.0 Å². The molecule has 2 aliphatic carbocycles. The fourth-order valence-electron chi connectivity index (χ4n) is 5.09. The molecule has 0 bridgehead atoms. The number of nitrogens with zero attached hydrogens (tertiary/aromatic N) is 6. The van der Waals surface area contributed by atoms with Crippen LogP contribution in [0.1, 0.15) is 56.0 Å². The minimum absolute atomic E-state index is 0.177. The third kappa shape index (κ3) is 4.41. The highest BCUT2D eigenvalue weighted by molar-refractivity contribution is 5.74. The monoisotopic (exact) mass is 498 g/mol. The Morgan fingerprint density at radius 2 is 2.08 bits per heavy atom. The van der Waals surface area contributed by atoms with E-state index < -0.39 is 0 Å². The van der Waals surface area contributed by atoms with E-state index in [0.717, 1.165) is 17.7 Å². The minimum atomic E-state index is -0.188. The van der Waals surface area contributed by atoms with E-state index in [0.29, 0.717) is 34.7 Å². The molecule has 190 valence electrons. The molecule has 1 saturated carbocycles. The van der Waals surface area contributed by atoms with E-state index in [2.05, 4.69) is 44.9 Å². The van der Waals surface area contributed by atoms with Crippen molar-refractivity contribution in [2.45, 2.75) is 39.7 Å². The van der Waals surface area contributed by atoms with Crippen molar-refractivity contribution in [2.75, 3.05) is 0 Å². The van der Waals surface area contributed by atoms with Gasteiger partial charge in [-0.3, -0.25) is 9.36 Å². The number of allylic oxidation sites excluding steroid dienone is 3. The van der Waals surface area contributed by atoms with Crippen LogP contribution in [0.15, 0.2) is 71.2 Å². The molecule has 1 aromatic carbocycles. The largest absolute Gasteiger partial charge is 0.465 e. The number of rotatable bonds is 7. The molecule has 9 nitrogen and oxygen atoms in total. The third-order valence-electron chi connectivity index (χ3n) is 6.86. The smallest absolute Gasteiger partial charge is 0.280 e. The molecule has 3 aromatic heterocycles. The van der Waals surface area contributed by atoms with E-state index in [-0.39, 0.29) is 18.0 Å². The Bertz CT molecular complexity index is 1570. The lowest BCUT2D eigenvalue weighted by Crippen LogP contribution is -2.22. The van der Waals surface area contributed by atoms with Crippen LogP contribution < -0.4 is 5.56 Å². The van der Waals surface area contributed by atoms with Gasteiger partial charge in [0.25, 0.3) is 5.56 Å². The molecule has 0 N–H and O–H groups in total. The minimum Gasteiger partial charge on any atom is -0.465 e. The molecule has 4 aromatic rings. The third-order valence-corrected chi connectivity index (χ3v) is 6.86. The average molecular weight is 499 g/mol. The Kier molecular flexibility index (Phi) is 6.60. The second-order valence-corrected chi connectivity index (χ2v) is 8.93. The van der Waals surface area contributed by atoms with Crippen LogP contribution in [0.25, 0.3) is 22.5 Å². The molecule has 3 atom stereocenters. The van der Waals surface area contributed by atoms with Gasteiger partial charge < -0.3 is 13.8 Å². The van der Waals surface area contributed by atoms with Crippen LogP contribution in [-0.2, 0) is 18.3 Å². The molecule has 0 amide bonds. The predicted octanol–water partition coefficient (Wildman–Crippen LogP) is 4.93. The van der Waals surface area contributed by atoms with Gasteiger partial charge in [-0.1, -0.05) is 49.9 Å². The van der Waals surface area contributed by atoms with Crippen molar-refractivity contribution >= 4 is 22.5 Å². The van der Waals surface area contributed by atoms with E-state index in [1.165, 1.54) is 28.3 Å². The summed E-state index contributed by atoms with van der Waals surface area (Å²) in [6.45, 7) is 9.78. The second-order valence-electron chi connectivity index (χ2n) is 8.93. The van der Waals surface area contributed by atoms with Crippen molar-refractivity contribution in [2.24, 2.45) is 18.9 Å². The zero-order valence-electron chi connectivity index (χ0n) is 21.5. The first-order chi connectivity index (χ1) is 18.1. The number of hydrogen-bond donors (Lipinski definition) is 0. The maximum atomic E-state index is 12.8. The molecule has 0 spiro atoms. The van der Waals surface area contributed by atoms with Crippen LogP contribution in [0.3, 0.4) is 0 Å². The fourth-order valence-corrected chi connectivity index (χ4v) is 5.09. The number of ether oxygens (including phenoxy) is 1. The van der Waals surface area contributed by atoms with Crippen LogP contribution in [0, 0.1) is 11.8 Å². The second kappa shape index (κ2) is 10.0. The predicted molar refractivity (Wildman–Crippen MR) is 141 cm³/mol. The molecular formula is C28H30N6O3. The zero-order valence-corrected chi connectivity index (χ0v) is 21.5. The summed E-state index contributed by atoms with van der Waals surface area (Å²) in [4.78, 5) is 25.7. The van der Waals surface area contributed by atoms with Crippen molar-refractivity contribution in [3.05, 3.63) is 95.1 Å². The normalized spacial score (nSPS) is 20.2. The summed E-state index contributed by atoms with van der Waals surface area (Å²) in [5, 5.41) is 4.22. The molecule has 37 heavy (non-hydrogen) atoms. The summed E-state index contributed by atoms with van der Waals surface area (Å²) in [6, 6.07) is 8.37. The van der Waals surface area contributed by atoms with Gasteiger partial charge in [0.1, 0.15) is 18.6 Å². The Balaban J connectivity index is 0.00000137. The molecule has 6 rings (SSSR count). The van der Waals surface area contributed by atoms with Gasteiger partial charge in [-0.2, -0.15) is 4.98 Å². The van der Waals surface area contributed by atoms with Crippen LogP contribution in [0.4, 0.5) is 0 Å². The van der Waals surface area contributed by atoms with Gasteiger partial charge in [0.2, 0.25) is 5.89 Å². The summed E-state index contributed by atoms with van der Waals surface area (Å²) in [7, 11) is 1.77. The van der Waals surface area contributed by atoms with E-state index in [4.69, 9.17) is 9.26 Å². The average Bonchev–Trinajstić information content (AvgIpc) is 3.33. The summed E-state index contributed by atoms with van der Waals surface area (Å²) in [5.74, 6) is 3.02. The van der Waals surface area contributed by atoms with Gasteiger partial charge in [-0.25, -0.2) is 9.97 Å². The first-order valence-electron chi connectivity index (χ1n) is 12.5. The number of fused-ring (bicyclic) bond motifs is 2. The van der Waals surface area contributed by atoms with Crippen LogP contribution in [-0.4, -0.2) is 29.2 Å². The summed E-state index contributed by atoms with van der Waals surface area (Å²) in [5.41, 5.74) is 4.24. The lowest BCUT2D eigenvalue weighted by Gasteiger charge is -2.10. The maximum absolute atomic E-state index is 12.8. The molecule has 9 heteroatoms. The first kappa shape index (κ1) is 24.4. The lowest BCUT2D eigenvalue weighted by molar-refractivity contribution is 0.364. The van der Waals surface area contributed by atoms with Gasteiger partial charge in [-0.15, -0.1) is 0 Å². The van der Waals surface area contributed by atoms with Crippen LogP contribution in [0.2, 0.25) is 0 Å². The summed E-state index contributed by atoms with van der Waals surface area (Å²) in [6.07, 6.45) is 9.72. The Hall–Kier alpha value is -4.27. The summed E-state index contributed by atoms with van der Waals surface area (Å²) < 4.78 is 14.1. The highest BCUT2D eigenvalue weighted by Crippen LogP contribution is 2.62. The molecule has 0 unspecified atom stereocenters. The molecule has 3 heterocycles. The molecule has 2 aliphatic rings. The van der Waals surface area contributed by atoms with E-state index in [1.54, 1.807) is 17.9 Å². The van der Waals surface area contributed by atoms with E-state index in [9.17, 15) is 4.79 Å². The van der Waals surface area contributed by atoms with E-state index >= 15 is 0 Å². The van der Waals surface area contributed by atoms with Crippen molar-refractivity contribution in [1.82, 2.24) is 29.2 Å². The van der Waals surface area contributed by atoms with Gasteiger partial charge in [0, 0.05) is 18.5 Å². The van der Waals surface area contributed by atoms with Crippen LogP contribution >= 0.6 is 0 Å². The molecular weight excluding hydrogens is 468 g/mol. The lowest BCUT2D eigenvalue weighted by atomic mass is 9.98. The quantitative estimate of drug-likeness (QED) is 0.333. The fraction of sp³-hybridized carbons (Fsp3) is 0.321. The Morgan fingerprint density at radius 3 is 2.81 bits per heavy atom. The first-order valence-corrected chi connectivity index (χ1v) is 12.5. The Labute approximate surface area is 214 Å². The zero-order chi connectivity index (χ0) is 26.1. The number of benzene rings is 1. The number of aryl methyl sites for hydroxylation is 1. The van der Waals surface area contributed by atoms with Crippen molar-refractivity contribution < 1.29 is 9.26 Å². The van der Waals surface area contributed by atoms with Crippen molar-refractivity contribution in [1.29, 1.82) is 0 Å². The SMILES string of the molecule is C=CO/C(=C\C)c1cccc(C2=C[C@H]3[C@@H](C2)[C@@H]3c2noc(Cn3cnc4ncn(C)c4c3=O)n2)c1.CC. The topological polar surface area (TPSA) is 101 Å². The standard InChI is InChI=1S/C26H24N6O3.C2H6/c1-4-20(34-5-2)16-8-6-7-15(9-16)17-10-18-19(11-17)22(18)24-29-21(35-30-24)12-32-14-28-25-23(26(32)33)31(3)13-27-25;1-2/h4-10,13-14,18-19,22H,2,11-12H2,1,3H3;1-2H3/b20-4-;/t18-,19+,22+;/m0./s1. The van der Waals surface area contributed by atoms with Gasteiger partial charge in [-0.05, 0) is 48.5 Å². The molecule has 1 fully saturated rings. The number of hydrogen-bond acceptors (Lipinski definition) is 7.